The molecule has 0 radical (unpaired) electrons. The molecule has 1 heterocycles. The molecule has 1 saturated heterocycles. The Hall–Kier alpha value is -1.55. The Labute approximate surface area is 114 Å². The molecule has 1 aromatic carbocycles. The van der Waals surface area contributed by atoms with Crippen LogP contribution in [0.4, 0.5) is 0 Å². The van der Waals surface area contributed by atoms with E-state index in [-0.39, 0.29) is 11.7 Å². The van der Waals surface area contributed by atoms with Crippen molar-refractivity contribution in [2.45, 2.75) is 19.3 Å². The predicted molar refractivity (Wildman–Crippen MR) is 75.0 cm³/mol. The number of amides is 1. The third-order valence-corrected chi connectivity index (χ3v) is 3.66. The van der Waals surface area contributed by atoms with Crippen LogP contribution < -0.4 is 5.32 Å². The van der Waals surface area contributed by atoms with Crippen LogP contribution in [-0.4, -0.2) is 42.6 Å². The molecule has 4 heteroatoms. The van der Waals surface area contributed by atoms with Crippen LogP contribution in [0.3, 0.4) is 0 Å². The highest BCUT2D eigenvalue weighted by atomic mass is 16.3. The second kappa shape index (κ2) is 6.57. The molecule has 2 N–H and O–H groups in total. The molecule has 0 spiro atoms. The lowest BCUT2D eigenvalue weighted by atomic mass is 9.97. The van der Waals surface area contributed by atoms with Gasteiger partial charge >= 0.3 is 0 Å². The first kappa shape index (κ1) is 13.9. The van der Waals surface area contributed by atoms with Crippen LogP contribution in [0, 0.1) is 5.92 Å². The topological polar surface area (TPSA) is 52.6 Å². The Bertz CT molecular complexity index is 415. The summed E-state index contributed by atoms with van der Waals surface area (Å²) in [5.41, 5.74) is 0.957. The number of nitrogens with one attached hydrogen (secondary N) is 1. The van der Waals surface area contributed by atoms with E-state index in [1.165, 1.54) is 6.42 Å². The second-order valence-corrected chi connectivity index (χ2v) is 5.25. The third kappa shape index (κ3) is 3.96. The zero-order chi connectivity index (χ0) is 13.7. The first-order valence-corrected chi connectivity index (χ1v) is 6.89. The van der Waals surface area contributed by atoms with E-state index in [0.717, 1.165) is 31.6 Å². The number of hydrogen-bond donors (Lipinski definition) is 2. The first-order chi connectivity index (χ1) is 9.19. The van der Waals surface area contributed by atoms with Crippen LogP contribution >= 0.6 is 0 Å². The van der Waals surface area contributed by atoms with Crippen LogP contribution in [0.1, 0.15) is 18.4 Å². The number of benzene rings is 1. The highest BCUT2D eigenvalue weighted by molar-refractivity contribution is 5.78. The quantitative estimate of drug-likeness (QED) is 0.862. The van der Waals surface area contributed by atoms with Gasteiger partial charge in [-0.05, 0) is 50.0 Å². The van der Waals surface area contributed by atoms with Gasteiger partial charge in [-0.25, -0.2) is 0 Å². The van der Waals surface area contributed by atoms with Crippen molar-refractivity contribution in [1.29, 1.82) is 0 Å². The van der Waals surface area contributed by atoms with E-state index in [0.29, 0.717) is 12.3 Å². The lowest BCUT2D eigenvalue weighted by molar-refractivity contribution is -0.132. The van der Waals surface area contributed by atoms with Gasteiger partial charge in [0, 0.05) is 13.1 Å². The van der Waals surface area contributed by atoms with Crippen molar-refractivity contribution in [2.24, 2.45) is 5.92 Å². The molecule has 19 heavy (non-hydrogen) atoms. The molecule has 4 nitrogen and oxygen atoms in total. The van der Waals surface area contributed by atoms with Gasteiger partial charge in [0.15, 0.2) is 0 Å². The van der Waals surface area contributed by atoms with Gasteiger partial charge in [0.05, 0.1) is 6.42 Å². The van der Waals surface area contributed by atoms with Crippen molar-refractivity contribution in [3.63, 3.8) is 0 Å². The average Bonchev–Trinajstić information content (AvgIpc) is 2.42. The Morgan fingerprint density at radius 1 is 1.42 bits per heavy atom. The van der Waals surface area contributed by atoms with Gasteiger partial charge in [-0.3, -0.25) is 4.79 Å². The Morgan fingerprint density at radius 2 is 2.16 bits per heavy atom. The number of hydrogen-bond acceptors (Lipinski definition) is 3. The SMILES string of the molecule is CNCC1CCCN(C(=O)Cc2ccc(O)cc2)C1. The van der Waals surface area contributed by atoms with Crippen molar-refractivity contribution in [2.75, 3.05) is 26.7 Å². The molecule has 1 aliphatic heterocycles. The van der Waals surface area contributed by atoms with Gasteiger partial charge in [0.1, 0.15) is 5.75 Å². The lowest BCUT2D eigenvalue weighted by Crippen LogP contribution is -2.43. The number of phenols is 1. The molecule has 1 amide bonds. The summed E-state index contributed by atoms with van der Waals surface area (Å²) in [4.78, 5) is 14.2. The molecule has 1 fully saturated rings. The minimum Gasteiger partial charge on any atom is -0.508 e. The van der Waals surface area contributed by atoms with Crippen LogP contribution in [-0.2, 0) is 11.2 Å². The van der Waals surface area contributed by atoms with Gasteiger partial charge in [-0.1, -0.05) is 12.1 Å². The molecule has 104 valence electrons. The number of piperidine rings is 1. The molecule has 0 saturated carbocycles. The molecular weight excluding hydrogens is 240 g/mol. The minimum absolute atomic E-state index is 0.187. The fourth-order valence-electron chi connectivity index (χ4n) is 2.65. The Balaban J connectivity index is 1.90. The number of likely N-dealkylation sites (tertiary alicyclic amines) is 1. The van der Waals surface area contributed by atoms with Crippen molar-refractivity contribution < 1.29 is 9.90 Å². The molecule has 1 aliphatic rings. The van der Waals surface area contributed by atoms with Gasteiger partial charge in [0.25, 0.3) is 0 Å². The third-order valence-electron chi connectivity index (χ3n) is 3.66. The van der Waals surface area contributed by atoms with E-state index in [2.05, 4.69) is 5.32 Å². The van der Waals surface area contributed by atoms with E-state index in [1.807, 2.05) is 24.1 Å². The summed E-state index contributed by atoms with van der Waals surface area (Å²) >= 11 is 0. The van der Waals surface area contributed by atoms with Gasteiger partial charge in [0.2, 0.25) is 5.91 Å². The number of aromatic hydroxyl groups is 1. The molecular formula is C15H22N2O2. The molecule has 0 bridgehead atoms. The average molecular weight is 262 g/mol. The largest absolute Gasteiger partial charge is 0.508 e. The molecule has 0 aliphatic carbocycles. The van der Waals surface area contributed by atoms with Crippen molar-refractivity contribution >= 4 is 5.91 Å². The number of carbonyl (C=O) groups excluding carboxylic acids is 1. The number of rotatable bonds is 4. The maximum Gasteiger partial charge on any atom is 0.226 e. The van der Waals surface area contributed by atoms with E-state index >= 15 is 0 Å². The fourth-order valence-corrected chi connectivity index (χ4v) is 2.65. The second-order valence-electron chi connectivity index (χ2n) is 5.25. The Morgan fingerprint density at radius 3 is 2.84 bits per heavy atom. The smallest absolute Gasteiger partial charge is 0.226 e. The number of nitrogens with zero attached hydrogens (tertiary/aromatic N) is 1. The summed E-state index contributed by atoms with van der Waals surface area (Å²) < 4.78 is 0. The highest BCUT2D eigenvalue weighted by Crippen LogP contribution is 2.17. The van der Waals surface area contributed by atoms with Crippen molar-refractivity contribution in [3.05, 3.63) is 29.8 Å². The Kier molecular flexibility index (Phi) is 4.80. The summed E-state index contributed by atoms with van der Waals surface area (Å²) in [6.07, 6.45) is 2.71. The van der Waals surface area contributed by atoms with Gasteiger partial charge in [-0.15, -0.1) is 0 Å². The molecule has 1 aromatic rings. The summed E-state index contributed by atoms with van der Waals surface area (Å²) in [5.74, 6) is 0.997. The molecule has 1 unspecified atom stereocenters. The highest BCUT2D eigenvalue weighted by Gasteiger charge is 2.22. The normalized spacial score (nSPS) is 19.4. The zero-order valence-electron chi connectivity index (χ0n) is 11.4. The van der Waals surface area contributed by atoms with E-state index in [4.69, 9.17) is 0 Å². The summed E-state index contributed by atoms with van der Waals surface area (Å²) in [6, 6.07) is 6.87. The van der Waals surface area contributed by atoms with Crippen LogP contribution in [0.15, 0.2) is 24.3 Å². The monoisotopic (exact) mass is 262 g/mol. The molecule has 1 atom stereocenters. The van der Waals surface area contributed by atoms with Gasteiger partial charge < -0.3 is 15.3 Å². The standard InChI is InChI=1S/C15H22N2O2/c1-16-10-13-3-2-8-17(11-13)15(19)9-12-4-6-14(18)7-5-12/h4-7,13,16,18H,2-3,8-11H2,1H3. The van der Waals surface area contributed by atoms with Crippen molar-refractivity contribution in [3.8, 4) is 5.75 Å². The zero-order valence-corrected chi connectivity index (χ0v) is 11.4. The van der Waals surface area contributed by atoms with Crippen molar-refractivity contribution in [1.82, 2.24) is 10.2 Å². The number of phenolic OH excluding ortho intramolecular Hbond substituents is 1. The fraction of sp³-hybridized carbons (Fsp3) is 0.533. The van der Waals surface area contributed by atoms with Crippen LogP contribution in [0.2, 0.25) is 0 Å². The minimum atomic E-state index is 0.187. The van der Waals surface area contributed by atoms with E-state index in [1.54, 1.807) is 12.1 Å². The van der Waals surface area contributed by atoms with Gasteiger partial charge in [-0.2, -0.15) is 0 Å². The van der Waals surface area contributed by atoms with Crippen LogP contribution in [0.5, 0.6) is 5.75 Å². The maximum atomic E-state index is 12.2. The predicted octanol–water partition coefficient (Wildman–Crippen LogP) is 1.39. The summed E-state index contributed by atoms with van der Waals surface area (Å²) in [5, 5.41) is 12.4. The lowest BCUT2D eigenvalue weighted by Gasteiger charge is -2.32. The summed E-state index contributed by atoms with van der Waals surface area (Å²) in [6.45, 7) is 2.71. The molecule has 0 aromatic heterocycles. The van der Waals surface area contributed by atoms with E-state index in [9.17, 15) is 9.90 Å². The molecule has 2 rings (SSSR count). The van der Waals surface area contributed by atoms with E-state index < -0.39 is 0 Å². The first-order valence-electron chi connectivity index (χ1n) is 6.89. The maximum absolute atomic E-state index is 12.2. The van der Waals surface area contributed by atoms with Crippen LogP contribution in [0.25, 0.3) is 0 Å². The number of carbonyl (C=O) groups is 1. The summed E-state index contributed by atoms with van der Waals surface area (Å²) in [7, 11) is 1.96.